The average molecular weight is 2090 g/mol. The largest absolute Gasteiger partial charge is 0.508 e. The molecule has 0 bridgehead atoms. The summed E-state index contributed by atoms with van der Waals surface area (Å²) in [4.78, 5) is 300. The van der Waals surface area contributed by atoms with Gasteiger partial charge < -0.3 is 165 Å². The van der Waals surface area contributed by atoms with Gasteiger partial charge >= 0.3 is 11.9 Å². The van der Waals surface area contributed by atoms with Crippen molar-refractivity contribution in [1.29, 1.82) is 5.41 Å². The summed E-state index contributed by atoms with van der Waals surface area (Å²) < 4.78 is 0. The van der Waals surface area contributed by atoms with E-state index in [4.69, 9.17) is 39.2 Å². The van der Waals surface area contributed by atoms with Crippen molar-refractivity contribution in [3.63, 3.8) is 0 Å². The van der Waals surface area contributed by atoms with Crippen molar-refractivity contribution in [2.45, 2.75) is 260 Å². The van der Waals surface area contributed by atoms with Crippen LogP contribution in [0.25, 0.3) is 0 Å². The topological polar surface area (TPSA) is 900 Å². The van der Waals surface area contributed by atoms with E-state index in [-0.39, 0.29) is 69.3 Å². The van der Waals surface area contributed by atoms with Crippen molar-refractivity contribution < 1.29 is 141 Å². The van der Waals surface area contributed by atoms with Crippen molar-refractivity contribution in [3.8, 4) is 5.75 Å². The van der Waals surface area contributed by atoms with E-state index in [0.29, 0.717) is 17.7 Å². The minimum atomic E-state index is -2.17. The van der Waals surface area contributed by atoms with Crippen LogP contribution >= 0.6 is 11.8 Å². The fraction of sp³-hybridized carbons (Fsp3) is 0.554. The molecule has 3 aromatic rings. The summed E-state index contributed by atoms with van der Waals surface area (Å²) in [5, 5.41) is 124. The Morgan fingerprint density at radius 2 is 0.728 bits per heavy atom. The van der Waals surface area contributed by atoms with E-state index in [2.05, 4.69) is 101 Å². The zero-order chi connectivity index (χ0) is 111. The fourth-order valence-electron chi connectivity index (χ4n) is 14.0. The van der Waals surface area contributed by atoms with E-state index < -0.39 is 328 Å². The molecule has 20 amide bonds. The van der Waals surface area contributed by atoms with E-state index in [1.807, 2.05) is 0 Å². The van der Waals surface area contributed by atoms with Crippen LogP contribution in [0, 0.1) is 17.2 Å². The van der Waals surface area contributed by atoms with E-state index in [9.17, 15) is 136 Å². The van der Waals surface area contributed by atoms with Gasteiger partial charge in [0.15, 0.2) is 5.96 Å². The molecule has 0 aliphatic carbocycles. The maximum atomic E-state index is 14.5. The number of aliphatic hydroxyl groups excluding tert-OH is 4. The predicted octanol–water partition coefficient (Wildman–Crippen LogP) is -10.9. The highest BCUT2D eigenvalue weighted by Crippen LogP contribution is 2.18. The average Bonchev–Trinajstić information content (AvgIpc) is 0.851. The molecule has 54 nitrogen and oxygen atoms in total. The lowest BCUT2D eigenvalue weighted by Gasteiger charge is -2.29. The van der Waals surface area contributed by atoms with Gasteiger partial charge in [-0.3, -0.25) is 111 Å². The Balaban J connectivity index is 1.86. The number of guanidine groups is 1. The molecule has 3 rings (SSSR count). The lowest BCUT2D eigenvalue weighted by atomic mass is 9.96. The molecule has 20 atom stereocenters. The van der Waals surface area contributed by atoms with E-state index in [1.54, 1.807) is 56.5 Å². The van der Waals surface area contributed by atoms with Crippen LogP contribution < -0.4 is 130 Å². The van der Waals surface area contributed by atoms with Crippen molar-refractivity contribution in [3.05, 3.63) is 102 Å². The number of primary amides is 2. The monoisotopic (exact) mass is 2090 g/mol. The number of carbonyl (C=O) groups excluding carboxylic acids is 20. The SMILES string of the molecule is CC[C@H](C)[C@H](NC(=O)[C@@H](N)Cc1ccccc1)C(=O)N[C@@H](CCCNC(=N)N)C(=O)N[C@@H](CC(N)=O)C(=O)N[C@@H](CCCCN)C(=O)N[C@@H](C)C(=O)N[C@@H](CC(N)=O)C(=O)NCC(=O)N[C@@H](Cc1ccc(O)cc1)C(=O)N[C@H](C(=O)N[C@H](C(=O)N[C@@H](CCC(=O)O)C(=O)N[C@@H](Cc1ccccc1)C(=O)N[C@@H](CO)C(=O)N[C@@H](C)C(=O)N[C@@H](CO)C(=O)N[C@H](C(=O)N[C@@H](CCSC)C(=O)NCC(=O)O)C(C)C)[C@@H](C)O)[C@@H](C)O. The number of carboxylic acid groups (broad SMARTS) is 2. The van der Waals surface area contributed by atoms with Gasteiger partial charge in [-0.1, -0.05) is 107 Å². The van der Waals surface area contributed by atoms with Crippen LogP contribution in [0.5, 0.6) is 5.75 Å². The summed E-state index contributed by atoms with van der Waals surface area (Å²) in [6, 6.07) is -7.44. The van der Waals surface area contributed by atoms with Crippen molar-refractivity contribution in [1.82, 2.24) is 101 Å². The number of rotatable bonds is 68. The van der Waals surface area contributed by atoms with Crippen molar-refractivity contribution >= 4 is 148 Å². The number of hydrogen-bond acceptors (Lipinski definition) is 31. The van der Waals surface area contributed by atoms with Crippen LogP contribution in [0.3, 0.4) is 0 Å². The second-order valence-corrected chi connectivity index (χ2v) is 36.0. The number of phenolic OH excluding ortho intramolecular Hbond substituents is 1. The number of nitrogens with two attached hydrogens (primary N) is 5. The number of unbranched alkanes of at least 4 members (excludes halogenated alkanes) is 1. The number of aromatic hydroxyl groups is 1. The number of phenols is 1. The molecule has 0 aromatic heterocycles. The standard InChI is InChI=1S/C92H141N25O29S/c1-10-46(4)72(115-77(132)55(94)36-51-20-13-11-14-21-51)89(144)106-57(25-19-34-99-92(97)98)81(136)111-63(40-67(96)124)84(139)105-56(24-17-18-33-93)80(135)102-47(5)75(130)109-62(39-66(95)123)79(134)100-41-68(125)104-60(38-53-26-28-54(122)29-27-53)85(140)116-74(50(8)121)91(146)117-73(49(7)120)90(145)107-58(30-31-69(126)127)82(137)110-61(37-52-22-15-12-16-23-52)83(138)113-64(43-118)86(141)103-48(6)76(131)112-65(44-119)87(142)114-71(45(2)3)88(143)108-59(32-35-147-9)78(133)101-42-70(128)129/h11-16,20-23,26-29,45-50,55-65,71-74,118-122H,10,17-19,24-25,30-44,93-94H2,1-9H3,(H2,95,123)(H2,96,124)(H,100,134)(H,101,133)(H,102,135)(H,103,141)(H,104,125)(H,105,139)(H,106,144)(H,107,145)(H,108,143)(H,109,130)(H,110,137)(H,111,136)(H,112,131)(H,113,138)(H,114,142)(H,115,132)(H,116,140)(H,117,146)(H,126,127)(H,128,129)(H4,97,98,99)/t46-,47-,48-,49+,50+,55-,56-,57-,58-,59-,60-,61-,62-,63-,64-,65-,71-,72-,73-,74-/m0/s1. The molecule has 814 valence electrons. The number of nitrogens with one attached hydrogen (secondary N) is 20. The second-order valence-electron chi connectivity index (χ2n) is 35.1. The summed E-state index contributed by atoms with van der Waals surface area (Å²) in [5.74, 6) is -27.2. The molecule has 0 saturated heterocycles. The lowest BCUT2D eigenvalue weighted by Crippen LogP contribution is -2.63. The second kappa shape index (κ2) is 65.5. The molecule has 0 heterocycles. The van der Waals surface area contributed by atoms with Crippen LogP contribution in [0.15, 0.2) is 84.9 Å². The Morgan fingerprint density at radius 1 is 0.367 bits per heavy atom. The zero-order valence-corrected chi connectivity index (χ0v) is 83.8. The summed E-state index contributed by atoms with van der Waals surface area (Å²) in [6.07, 6.45) is -6.07. The number of carboxylic acids is 2. The van der Waals surface area contributed by atoms with Gasteiger partial charge in [0.25, 0.3) is 0 Å². The Hall–Kier alpha value is -14.8. The summed E-state index contributed by atoms with van der Waals surface area (Å²) in [5.41, 5.74) is 29.8. The highest BCUT2D eigenvalue weighted by molar-refractivity contribution is 7.98. The normalized spacial score (nSPS) is 15.1. The first-order chi connectivity index (χ1) is 69.3. The summed E-state index contributed by atoms with van der Waals surface area (Å²) >= 11 is 1.32. The van der Waals surface area contributed by atoms with Gasteiger partial charge in [0, 0.05) is 25.8 Å². The first kappa shape index (κ1) is 126. The number of carbonyl (C=O) groups is 22. The molecule has 0 saturated carbocycles. The minimum absolute atomic E-state index is 0.00905. The number of aliphatic hydroxyl groups is 4. The molecule has 0 unspecified atom stereocenters. The minimum Gasteiger partial charge on any atom is -0.508 e. The molecule has 147 heavy (non-hydrogen) atoms. The Kier molecular flexibility index (Phi) is 56.3. The van der Waals surface area contributed by atoms with Crippen LogP contribution in [-0.2, 0) is 125 Å². The van der Waals surface area contributed by atoms with Crippen LogP contribution in [0.2, 0.25) is 0 Å². The molecule has 37 N–H and O–H groups in total. The first-order valence-electron chi connectivity index (χ1n) is 47.2. The molecule has 0 aliphatic heterocycles. The highest BCUT2D eigenvalue weighted by Gasteiger charge is 2.42. The van der Waals surface area contributed by atoms with Gasteiger partial charge in [-0.15, -0.1) is 0 Å². The number of aliphatic carboxylic acids is 2. The number of hydrogen-bond donors (Lipinski definition) is 32. The maximum Gasteiger partial charge on any atom is 0.322 e. The third-order valence-electron chi connectivity index (χ3n) is 22.5. The third-order valence-corrected chi connectivity index (χ3v) is 23.2. The van der Waals surface area contributed by atoms with E-state index >= 15 is 0 Å². The zero-order valence-electron chi connectivity index (χ0n) is 83.0. The van der Waals surface area contributed by atoms with E-state index in [1.165, 1.54) is 74.1 Å². The van der Waals surface area contributed by atoms with Crippen LogP contribution in [-0.4, -0.2) is 338 Å². The summed E-state index contributed by atoms with van der Waals surface area (Å²) in [7, 11) is 0. The quantitative estimate of drug-likeness (QED) is 0.0142. The number of benzene rings is 3. The Bertz CT molecular complexity index is 4970. The molecule has 0 spiro atoms. The molecule has 55 heteroatoms. The number of amides is 20. The van der Waals surface area contributed by atoms with Crippen LogP contribution in [0.1, 0.15) is 143 Å². The smallest absolute Gasteiger partial charge is 0.322 e. The van der Waals surface area contributed by atoms with Gasteiger partial charge in [0.2, 0.25) is 118 Å². The number of thioether (sulfide) groups is 1. The molecule has 0 aliphatic rings. The molecule has 0 fully saturated rings. The maximum absolute atomic E-state index is 14.5. The molecule has 0 radical (unpaired) electrons. The lowest BCUT2D eigenvalue weighted by molar-refractivity contribution is -0.140. The molecule has 3 aromatic carbocycles. The molecular weight excluding hydrogens is 1950 g/mol. The Morgan fingerprint density at radius 3 is 1.20 bits per heavy atom. The van der Waals surface area contributed by atoms with Gasteiger partial charge in [-0.05, 0) is 138 Å². The van der Waals surface area contributed by atoms with Gasteiger partial charge in [-0.2, -0.15) is 11.8 Å². The first-order valence-corrected chi connectivity index (χ1v) is 48.5. The fourth-order valence-corrected chi connectivity index (χ4v) is 14.5. The van der Waals surface area contributed by atoms with Crippen molar-refractivity contribution in [2.75, 3.05) is 51.4 Å². The van der Waals surface area contributed by atoms with Crippen molar-refractivity contribution in [2.24, 2.45) is 40.5 Å². The highest BCUT2D eigenvalue weighted by atomic mass is 32.2. The summed E-state index contributed by atoms with van der Waals surface area (Å²) in [6.45, 7) is 6.59. The Labute approximate surface area is 851 Å². The predicted molar refractivity (Wildman–Crippen MR) is 527 cm³/mol. The van der Waals surface area contributed by atoms with Gasteiger partial charge in [-0.25, -0.2) is 0 Å². The van der Waals surface area contributed by atoms with Gasteiger partial charge in [0.1, 0.15) is 109 Å². The van der Waals surface area contributed by atoms with Crippen LogP contribution in [0.4, 0.5) is 0 Å². The molecular formula is C92H141N25O29S. The van der Waals surface area contributed by atoms with E-state index in [0.717, 1.165) is 33.3 Å². The third kappa shape index (κ3) is 46.8. The van der Waals surface area contributed by atoms with Gasteiger partial charge in [0.05, 0.1) is 50.8 Å².